The second-order valence-electron chi connectivity index (χ2n) is 5.09. The SMILES string of the molecule is CCn1ncnc1CNCC(C)(C)CCCO. The Hall–Kier alpha value is -0.940. The largest absolute Gasteiger partial charge is 0.396 e. The second-order valence-corrected chi connectivity index (χ2v) is 5.09. The van der Waals surface area contributed by atoms with Gasteiger partial charge in [-0.1, -0.05) is 13.8 Å². The summed E-state index contributed by atoms with van der Waals surface area (Å²) in [6.07, 6.45) is 3.48. The van der Waals surface area contributed by atoms with Crippen LogP contribution in [0.3, 0.4) is 0 Å². The zero-order valence-corrected chi connectivity index (χ0v) is 11.1. The summed E-state index contributed by atoms with van der Waals surface area (Å²) in [4.78, 5) is 4.22. The molecule has 0 aliphatic heterocycles. The fourth-order valence-electron chi connectivity index (χ4n) is 1.85. The van der Waals surface area contributed by atoms with E-state index in [2.05, 4.69) is 36.2 Å². The smallest absolute Gasteiger partial charge is 0.140 e. The van der Waals surface area contributed by atoms with Crippen LogP contribution < -0.4 is 5.32 Å². The van der Waals surface area contributed by atoms with Crippen molar-refractivity contribution >= 4 is 0 Å². The first kappa shape index (κ1) is 14.1. The van der Waals surface area contributed by atoms with Crippen molar-refractivity contribution in [3.05, 3.63) is 12.2 Å². The van der Waals surface area contributed by atoms with Crippen LogP contribution in [-0.2, 0) is 13.1 Å². The topological polar surface area (TPSA) is 63.0 Å². The highest BCUT2D eigenvalue weighted by molar-refractivity contribution is 4.84. The van der Waals surface area contributed by atoms with E-state index in [1.165, 1.54) is 0 Å². The summed E-state index contributed by atoms with van der Waals surface area (Å²) in [5.41, 5.74) is 0.208. The fraction of sp³-hybridized carbons (Fsp3) is 0.833. The molecule has 1 rings (SSSR count). The van der Waals surface area contributed by atoms with Crippen molar-refractivity contribution in [1.29, 1.82) is 0 Å². The molecular formula is C12H24N4O. The summed E-state index contributed by atoms with van der Waals surface area (Å²) in [6, 6.07) is 0. The molecule has 1 aromatic heterocycles. The zero-order valence-electron chi connectivity index (χ0n) is 11.1. The molecule has 0 aromatic carbocycles. The Bertz CT molecular complexity index is 322. The van der Waals surface area contributed by atoms with Gasteiger partial charge in [0.1, 0.15) is 12.2 Å². The number of rotatable bonds is 8. The predicted molar refractivity (Wildman–Crippen MR) is 67.5 cm³/mol. The quantitative estimate of drug-likeness (QED) is 0.716. The number of aromatic nitrogens is 3. The Balaban J connectivity index is 2.32. The van der Waals surface area contributed by atoms with Crippen LogP contribution in [0.4, 0.5) is 0 Å². The summed E-state index contributed by atoms with van der Waals surface area (Å²) >= 11 is 0. The summed E-state index contributed by atoms with van der Waals surface area (Å²) in [5, 5.41) is 16.4. The lowest BCUT2D eigenvalue weighted by Crippen LogP contribution is -2.30. The highest BCUT2D eigenvalue weighted by atomic mass is 16.2. The third kappa shape index (κ3) is 4.83. The number of aliphatic hydroxyl groups is 1. The van der Waals surface area contributed by atoms with Gasteiger partial charge in [0, 0.05) is 19.7 Å². The van der Waals surface area contributed by atoms with Crippen molar-refractivity contribution < 1.29 is 5.11 Å². The van der Waals surface area contributed by atoms with Crippen LogP contribution in [0.5, 0.6) is 0 Å². The van der Waals surface area contributed by atoms with Crippen molar-refractivity contribution in [3.8, 4) is 0 Å². The summed E-state index contributed by atoms with van der Waals surface area (Å²) in [7, 11) is 0. The first-order valence-electron chi connectivity index (χ1n) is 6.27. The lowest BCUT2D eigenvalue weighted by molar-refractivity contribution is 0.235. The van der Waals surface area contributed by atoms with Gasteiger partial charge in [0.15, 0.2) is 0 Å². The molecule has 1 heterocycles. The van der Waals surface area contributed by atoms with Crippen molar-refractivity contribution in [1.82, 2.24) is 20.1 Å². The third-order valence-corrected chi connectivity index (χ3v) is 2.89. The Morgan fingerprint density at radius 3 is 2.88 bits per heavy atom. The molecule has 0 radical (unpaired) electrons. The average Bonchev–Trinajstić information content (AvgIpc) is 2.74. The number of aliphatic hydroxyl groups excluding tert-OH is 1. The average molecular weight is 240 g/mol. The number of nitrogens with zero attached hydrogens (tertiary/aromatic N) is 3. The van der Waals surface area contributed by atoms with Crippen LogP contribution >= 0.6 is 0 Å². The number of hydrogen-bond acceptors (Lipinski definition) is 4. The maximum atomic E-state index is 8.83. The molecule has 0 spiro atoms. The van der Waals surface area contributed by atoms with Gasteiger partial charge in [-0.3, -0.25) is 0 Å². The van der Waals surface area contributed by atoms with Crippen molar-refractivity contribution in [2.75, 3.05) is 13.2 Å². The minimum atomic E-state index is 0.208. The van der Waals surface area contributed by atoms with E-state index in [9.17, 15) is 0 Å². The van der Waals surface area contributed by atoms with Crippen LogP contribution in [0, 0.1) is 5.41 Å². The molecule has 5 heteroatoms. The van der Waals surface area contributed by atoms with E-state index in [0.717, 1.165) is 38.3 Å². The van der Waals surface area contributed by atoms with Gasteiger partial charge in [-0.25, -0.2) is 9.67 Å². The Morgan fingerprint density at radius 2 is 2.24 bits per heavy atom. The number of aryl methyl sites for hydroxylation is 1. The van der Waals surface area contributed by atoms with Crippen molar-refractivity contribution in [2.45, 2.75) is 46.7 Å². The van der Waals surface area contributed by atoms with E-state index in [1.54, 1.807) is 6.33 Å². The predicted octanol–water partition coefficient (Wildman–Crippen LogP) is 1.19. The molecule has 98 valence electrons. The van der Waals surface area contributed by atoms with Crippen LogP contribution in [-0.4, -0.2) is 33.0 Å². The standard InChI is InChI=1S/C12H24N4O/c1-4-16-11(14-10-15-16)8-13-9-12(2,3)6-5-7-17/h10,13,17H,4-9H2,1-3H3. The van der Waals surface area contributed by atoms with Crippen LogP contribution in [0.1, 0.15) is 39.4 Å². The molecule has 0 aliphatic rings. The lowest BCUT2D eigenvalue weighted by Gasteiger charge is -2.24. The zero-order chi connectivity index (χ0) is 12.7. The third-order valence-electron chi connectivity index (χ3n) is 2.89. The summed E-state index contributed by atoms with van der Waals surface area (Å²) in [5.74, 6) is 0.977. The van der Waals surface area contributed by atoms with Gasteiger partial charge < -0.3 is 10.4 Å². The molecule has 0 atom stereocenters. The second kappa shape index (κ2) is 6.71. The van der Waals surface area contributed by atoms with Crippen molar-refractivity contribution in [2.24, 2.45) is 5.41 Å². The molecule has 0 saturated heterocycles. The van der Waals surface area contributed by atoms with E-state index in [1.807, 2.05) is 4.68 Å². The van der Waals surface area contributed by atoms with Crippen LogP contribution in [0.25, 0.3) is 0 Å². The van der Waals surface area contributed by atoms with Crippen molar-refractivity contribution in [3.63, 3.8) is 0 Å². The molecule has 2 N–H and O–H groups in total. The monoisotopic (exact) mass is 240 g/mol. The molecular weight excluding hydrogens is 216 g/mol. The van der Waals surface area contributed by atoms with E-state index in [-0.39, 0.29) is 12.0 Å². The van der Waals surface area contributed by atoms with Crippen LogP contribution in [0.15, 0.2) is 6.33 Å². The van der Waals surface area contributed by atoms with Gasteiger partial charge in [-0.15, -0.1) is 0 Å². The van der Waals surface area contributed by atoms with E-state index < -0.39 is 0 Å². The highest BCUT2D eigenvalue weighted by Gasteiger charge is 2.16. The Morgan fingerprint density at radius 1 is 1.47 bits per heavy atom. The Kier molecular flexibility index (Phi) is 5.58. The first-order chi connectivity index (χ1) is 8.09. The minimum Gasteiger partial charge on any atom is -0.396 e. The van der Waals surface area contributed by atoms with Gasteiger partial charge in [-0.05, 0) is 25.2 Å². The summed E-state index contributed by atoms with van der Waals surface area (Å²) in [6.45, 7) is 9.27. The molecule has 5 nitrogen and oxygen atoms in total. The molecule has 0 saturated carbocycles. The number of hydrogen-bond donors (Lipinski definition) is 2. The van der Waals surface area contributed by atoms with E-state index in [0.29, 0.717) is 0 Å². The molecule has 0 amide bonds. The van der Waals surface area contributed by atoms with Gasteiger partial charge >= 0.3 is 0 Å². The normalized spacial score (nSPS) is 12.0. The van der Waals surface area contributed by atoms with Crippen LogP contribution in [0.2, 0.25) is 0 Å². The molecule has 17 heavy (non-hydrogen) atoms. The lowest BCUT2D eigenvalue weighted by atomic mass is 9.88. The molecule has 1 aromatic rings. The fourth-order valence-corrected chi connectivity index (χ4v) is 1.85. The van der Waals surface area contributed by atoms with E-state index in [4.69, 9.17) is 5.11 Å². The maximum absolute atomic E-state index is 8.83. The van der Waals surface area contributed by atoms with Gasteiger partial charge in [0.05, 0.1) is 6.54 Å². The van der Waals surface area contributed by atoms with Gasteiger partial charge in [-0.2, -0.15) is 5.10 Å². The van der Waals surface area contributed by atoms with Gasteiger partial charge in [0.25, 0.3) is 0 Å². The Labute approximate surface area is 103 Å². The maximum Gasteiger partial charge on any atom is 0.140 e. The molecule has 0 aliphatic carbocycles. The molecule has 0 bridgehead atoms. The minimum absolute atomic E-state index is 0.208. The van der Waals surface area contributed by atoms with Gasteiger partial charge in [0.2, 0.25) is 0 Å². The van der Waals surface area contributed by atoms with E-state index >= 15 is 0 Å². The summed E-state index contributed by atoms with van der Waals surface area (Å²) < 4.78 is 1.90. The first-order valence-corrected chi connectivity index (χ1v) is 6.27. The molecule has 0 unspecified atom stereocenters. The molecule has 0 fully saturated rings. The highest BCUT2D eigenvalue weighted by Crippen LogP contribution is 2.20. The number of nitrogens with one attached hydrogen (secondary N) is 1.